The van der Waals surface area contributed by atoms with Gasteiger partial charge in [0.1, 0.15) is 11.2 Å². The minimum absolute atomic E-state index is 0.00578. The maximum atomic E-state index is 12.1. The summed E-state index contributed by atoms with van der Waals surface area (Å²) in [6.45, 7) is 10.8. The molecule has 0 bridgehead atoms. The summed E-state index contributed by atoms with van der Waals surface area (Å²) >= 11 is 5.96. The Balaban J connectivity index is 1.88. The molecule has 1 atom stereocenters. The predicted octanol–water partition coefficient (Wildman–Crippen LogP) is 3.60. The number of benzene rings is 1. The first-order valence-corrected chi connectivity index (χ1v) is 9.96. The zero-order valence-electron chi connectivity index (χ0n) is 16.5. The van der Waals surface area contributed by atoms with Crippen LogP contribution in [0.5, 0.6) is 0 Å². The van der Waals surface area contributed by atoms with E-state index in [1.54, 1.807) is 6.92 Å². The van der Waals surface area contributed by atoms with Crippen LogP contribution in [0, 0.1) is 13.8 Å². The van der Waals surface area contributed by atoms with Gasteiger partial charge in [-0.15, -0.1) is 11.6 Å². The van der Waals surface area contributed by atoms with Crippen molar-refractivity contribution in [3.05, 3.63) is 41.1 Å². The normalized spacial score (nSPS) is 15.7. The van der Waals surface area contributed by atoms with E-state index in [-0.39, 0.29) is 5.91 Å². The monoisotopic (exact) mass is 386 g/mol. The zero-order valence-corrected chi connectivity index (χ0v) is 17.3. The molecule has 0 aliphatic carbocycles. The van der Waals surface area contributed by atoms with Crippen molar-refractivity contribution < 1.29 is 4.79 Å². The Labute approximate surface area is 166 Å². The van der Waals surface area contributed by atoms with E-state index in [0.29, 0.717) is 13.1 Å². The fraction of sp³-hybridized carbons (Fsp3) is 0.476. The van der Waals surface area contributed by atoms with E-state index < -0.39 is 5.38 Å². The Morgan fingerprint density at radius 1 is 1.11 bits per heavy atom. The lowest BCUT2D eigenvalue weighted by atomic mass is 10.1. The van der Waals surface area contributed by atoms with E-state index >= 15 is 0 Å². The highest BCUT2D eigenvalue weighted by atomic mass is 35.5. The zero-order chi connectivity index (χ0) is 19.6. The van der Waals surface area contributed by atoms with Crippen molar-refractivity contribution in [2.75, 3.05) is 31.1 Å². The topological polar surface area (TPSA) is 49.3 Å². The summed E-state index contributed by atoms with van der Waals surface area (Å²) in [6, 6.07) is 8.30. The second kappa shape index (κ2) is 8.26. The van der Waals surface area contributed by atoms with Gasteiger partial charge in [0.15, 0.2) is 5.82 Å². The molecule has 1 amide bonds. The number of carbonyl (C=O) groups excluding carboxylic acids is 1. The van der Waals surface area contributed by atoms with Crippen molar-refractivity contribution in [3.63, 3.8) is 0 Å². The summed E-state index contributed by atoms with van der Waals surface area (Å²) in [4.78, 5) is 25.9. The van der Waals surface area contributed by atoms with E-state index in [9.17, 15) is 4.79 Å². The van der Waals surface area contributed by atoms with Crippen LogP contribution in [0.3, 0.4) is 0 Å². The van der Waals surface area contributed by atoms with Crippen LogP contribution in [0.15, 0.2) is 24.3 Å². The maximum Gasteiger partial charge on any atom is 0.240 e. The van der Waals surface area contributed by atoms with Crippen LogP contribution in [-0.2, 0) is 11.2 Å². The SMILES string of the molecule is CCc1c(C)nc(-c2ccc(C)cc2)nc1N1CCN(C(=O)[C@H](C)Cl)CC1. The van der Waals surface area contributed by atoms with Crippen LogP contribution in [0.25, 0.3) is 11.4 Å². The van der Waals surface area contributed by atoms with Gasteiger partial charge in [-0.05, 0) is 27.2 Å². The number of anilines is 1. The number of carbonyl (C=O) groups is 1. The molecule has 1 aliphatic rings. The number of rotatable bonds is 4. The van der Waals surface area contributed by atoms with Gasteiger partial charge in [0, 0.05) is 43.0 Å². The summed E-state index contributed by atoms with van der Waals surface area (Å²) in [7, 11) is 0. The highest BCUT2D eigenvalue weighted by Gasteiger charge is 2.26. The number of aromatic nitrogens is 2. The average Bonchev–Trinajstić information content (AvgIpc) is 2.67. The standard InChI is InChI=1S/C21H27ClN4O/c1-5-18-16(4)23-19(17-8-6-14(2)7-9-17)24-20(18)25-10-12-26(13-11-25)21(27)15(3)22/h6-9,15H,5,10-13H2,1-4H3/t15-/m0/s1. The predicted molar refractivity (Wildman–Crippen MR) is 110 cm³/mol. The molecule has 6 heteroatoms. The molecule has 1 aromatic carbocycles. The first-order valence-electron chi connectivity index (χ1n) is 9.53. The van der Waals surface area contributed by atoms with Gasteiger partial charge in [0.25, 0.3) is 0 Å². The van der Waals surface area contributed by atoms with Crippen LogP contribution < -0.4 is 4.90 Å². The van der Waals surface area contributed by atoms with Gasteiger partial charge in [-0.1, -0.05) is 36.8 Å². The number of nitrogens with zero attached hydrogens (tertiary/aromatic N) is 4. The molecular formula is C21H27ClN4O. The number of hydrogen-bond acceptors (Lipinski definition) is 4. The molecule has 1 aliphatic heterocycles. The van der Waals surface area contributed by atoms with Gasteiger partial charge in [-0.3, -0.25) is 4.79 Å². The van der Waals surface area contributed by atoms with E-state index in [2.05, 4.69) is 49.9 Å². The fourth-order valence-corrected chi connectivity index (χ4v) is 3.62. The first-order chi connectivity index (χ1) is 12.9. The number of aryl methyl sites for hydroxylation is 2. The Kier molecular flexibility index (Phi) is 6.00. The van der Waals surface area contributed by atoms with E-state index in [1.807, 2.05) is 4.90 Å². The molecular weight excluding hydrogens is 360 g/mol. The molecule has 1 aromatic heterocycles. The van der Waals surface area contributed by atoms with Gasteiger partial charge in [-0.25, -0.2) is 9.97 Å². The molecule has 1 saturated heterocycles. The van der Waals surface area contributed by atoms with Crippen LogP contribution in [0.2, 0.25) is 0 Å². The van der Waals surface area contributed by atoms with E-state index in [1.165, 1.54) is 11.1 Å². The molecule has 0 spiro atoms. The second-order valence-corrected chi connectivity index (χ2v) is 7.74. The molecule has 0 N–H and O–H groups in total. The van der Waals surface area contributed by atoms with Crippen molar-refractivity contribution in [2.24, 2.45) is 0 Å². The summed E-state index contributed by atoms with van der Waals surface area (Å²) in [6.07, 6.45) is 0.882. The molecule has 5 nitrogen and oxygen atoms in total. The van der Waals surface area contributed by atoms with Gasteiger partial charge in [0.05, 0.1) is 0 Å². The van der Waals surface area contributed by atoms with Crippen LogP contribution in [-0.4, -0.2) is 52.3 Å². The number of alkyl halides is 1. The van der Waals surface area contributed by atoms with Crippen molar-refractivity contribution in [2.45, 2.75) is 39.5 Å². The molecule has 144 valence electrons. The van der Waals surface area contributed by atoms with Gasteiger partial charge in [-0.2, -0.15) is 0 Å². The van der Waals surface area contributed by atoms with Crippen molar-refractivity contribution in [3.8, 4) is 11.4 Å². The fourth-order valence-electron chi connectivity index (χ4n) is 3.48. The van der Waals surface area contributed by atoms with Crippen molar-refractivity contribution in [1.29, 1.82) is 0 Å². The summed E-state index contributed by atoms with van der Waals surface area (Å²) in [5, 5.41) is -0.475. The largest absolute Gasteiger partial charge is 0.353 e. The highest BCUT2D eigenvalue weighted by Crippen LogP contribution is 2.27. The average molecular weight is 387 g/mol. The molecule has 2 aromatic rings. The van der Waals surface area contributed by atoms with Gasteiger partial charge in [0.2, 0.25) is 5.91 Å². The third-order valence-corrected chi connectivity index (χ3v) is 5.27. The number of amides is 1. The Morgan fingerprint density at radius 3 is 2.30 bits per heavy atom. The van der Waals surface area contributed by atoms with Crippen LogP contribution >= 0.6 is 11.6 Å². The third kappa shape index (κ3) is 4.24. The minimum atomic E-state index is -0.475. The number of halogens is 1. The lowest BCUT2D eigenvalue weighted by molar-refractivity contribution is -0.130. The second-order valence-electron chi connectivity index (χ2n) is 7.08. The minimum Gasteiger partial charge on any atom is -0.353 e. The lowest BCUT2D eigenvalue weighted by Crippen LogP contribution is -2.51. The van der Waals surface area contributed by atoms with E-state index in [0.717, 1.165) is 42.4 Å². The molecule has 0 saturated carbocycles. The molecule has 2 heterocycles. The van der Waals surface area contributed by atoms with Crippen LogP contribution in [0.4, 0.5) is 5.82 Å². The molecule has 3 rings (SSSR count). The quantitative estimate of drug-likeness (QED) is 0.753. The van der Waals surface area contributed by atoms with Crippen molar-refractivity contribution >= 4 is 23.3 Å². The first kappa shape index (κ1) is 19.6. The number of piperazine rings is 1. The Morgan fingerprint density at radius 2 is 1.74 bits per heavy atom. The van der Waals surface area contributed by atoms with E-state index in [4.69, 9.17) is 21.6 Å². The van der Waals surface area contributed by atoms with Gasteiger partial charge < -0.3 is 9.80 Å². The molecule has 27 heavy (non-hydrogen) atoms. The lowest BCUT2D eigenvalue weighted by Gasteiger charge is -2.37. The smallest absolute Gasteiger partial charge is 0.240 e. The number of hydrogen-bond donors (Lipinski definition) is 0. The molecule has 1 fully saturated rings. The maximum absolute atomic E-state index is 12.1. The van der Waals surface area contributed by atoms with Crippen molar-refractivity contribution in [1.82, 2.24) is 14.9 Å². The van der Waals surface area contributed by atoms with Gasteiger partial charge >= 0.3 is 0 Å². The molecule has 0 unspecified atom stereocenters. The summed E-state index contributed by atoms with van der Waals surface area (Å²) < 4.78 is 0. The summed E-state index contributed by atoms with van der Waals surface area (Å²) in [5.74, 6) is 1.76. The third-order valence-electron chi connectivity index (χ3n) is 5.09. The highest BCUT2D eigenvalue weighted by molar-refractivity contribution is 6.30. The Hall–Kier alpha value is -2.14. The molecule has 0 radical (unpaired) electrons. The van der Waals surface area contributed by atoms with Crippen LogP contribution in [0.1, 0.15) is 30.7 Å². The summed E-state index contributed by atoms with van der Waals surface area (Å²) in [5.41, 5.74) is 4.44. The Bertz CT molecular complexity index is 812.